The van der Waals surface area contributed by atoms with Gasteiger partial charge in [-0.15, -0.1) is 0 Å². The molecular weight excluding hydrogens is 564 g/mol. The van der Waals surface area contributed by atoms with Crippen LogP contribution in [0.3, 0.4) is 0 Å². The summed E-state index contributed by atoms with van der Waals surface area (Å²) in [5, 5.41) is 0. The van der Waals surface area contributed by atoms with Crippen LogP contribution in [0.2, 0.25) is 0 Å². The molecule has 3 aromatic rings. The number of hydrogen-bond acceptors (Lipinski definition) is 6. The molecule has 10 heteroatoms. The molecule has 1 fully saturated rings. The number of fused-ring (bicyclic) bond motifs is 1. The summed E-state index contributed by atoms with van der Waals surface area (Å²) in [6, 6.07) is 17.8. The van der Waals surface area contributed by atoms with Crippen molar-refractivity contribution in [1.82, 2.24) is 18.7 Å². The highest BCUT2D eigenvalue weighted by atomic mass is 32.2. The fourth-order valence-electron chi connectivity index (χ4n) is 6.42. The number of benzene rings is 2. The van der Waals surface area contributed by atoms with Gasteiger partial charge in [-0.2, -0.15) is 4.31 Å². The number of carbonyl (C=O) groups excluding carboxylic acids is 1. The zero-order valence-corrected chi connectivity index (χ0v) is 26.6. The van der Waals surface area contributed by atoms with E-state index in [0.717, 1.165) is 37.4 Å². The van der Waals surface area contributed by atoms with Gasteiger partial charge in [0.15, 0.2) is 0 Å². The van der Waals surface area contributed by atoms with Crippen LogP contribution in [0.4, 0.5) is 0 Å². The number of likely N-dealkylation sites (tertiary alicyclic amines) is 1. The molecule has 0 saturated carbocycles. The van der Waals surface area contributed by atoms with Gasteiger partial charge in [-0.1, -0.05) is 36.8 Å². The van der Waals surface area contributed by atoms with E-state index in [4.69, 9.17) is 9.47 Å². The van der Waals surface area contributed by atoms with Gasteiger partial charge >= 0.3 is 0 Å². The number of hydrogen-bond donors (Lipinski definition) is 0. The molecular formula is C33H44N4O5S. The van der Waals surface area contributed by atoms with E-state index in [9.17, 15) is 13.2 Å². The summed E-state index contributed by atoms with van der Waals surface area (Å²) in [5.41, 5.74) is 4.73. The number of rotatable bonds is 11. The van der Waals surface area contributed by atoms with Gasteiger partial charge in [0.05, 0.1) is 24.7 Å². The monoisotopic (exact) mass is 608 g/mol. The normalized spacial score (nSPS) is 17.7. The van der Waals surface area contributed by atoms with Crippen molar-refractivity contribution in [2.24, 2.45) is 0 Å². The number of ether oxygens (including phenoxy) is 2. The summed E-state index contributed by atoms with van der Waals surface area (Å²) in [6.07, 6.45) is 3.82. The largest absolute Gasteiger partial charge is 0.497 e. The van der Waals surface area contributed by atoms with Crippen molar-refractivity contribution >= 4 is 15.9 Å². The third-order valence-electron chi connectivity index (χ3n) is 8.65. The molecule has 0 radical (unpaired) electrons. The van der Waals surface area contributed by atoms with Crippen molar-refractivity contribution in [3.8, 4) is 5.75 Å². The molecule has 1 unspecified atom stereocenters. The zero-order chi connectivity index (χ0) is 30.6. The molecule has 0 aliphatic carbocycles. The van der Waals surface area contributed by atoms with Crippen molar-refractivity contribution in [3.63, 3.8) is 0 Å². The third kappa shape index (κ3) is 6.82. The second kappa shape index (κ2) is 13.6. The first kappa shape index (κ1) is 31.3. The van der Waals surface area contributed by atoms with Gasteiger partial charge in [0.1, 0.15) is 12.4 Å². The maximum absolute atomic E-state index is 13.6. The molecule has 2 aromatic carbocycles. The quantitative estimate of drug-likeness (QED) is 0.301. The number of methoxy groups -OCH3 is 1. The van der Waals surface area contributed by atoms with Gasteiger partial charge in [0.2, 0.25) is 15.9 Å². The number of carbonyl (C=O) groups is 1. The first-order valence-electron chi connectivity index (χ1n) is 15.1. The first-order chi connectivity index (χ1) is 20.7. The fraction of sp³-hybridized carbons (Fsp3) is 0.485. The Hall–Kier alpha value is -3.18. The van der Waals surface area contributed by atoms with E-state index in [1.54, 1.807) is 33.1 Å². The van der Waals surface area contributed by atoms with E-state index < -0.39 is 10.0 Å². The van der Waals surface area contributed by atoms with E-state index in [0.29, 0.717) is 23.4 Å². The molecule has 1 saturated heterocycles. The maximum Gasteiger partial charge on any atom is 0.249 e. The topological polar surface area (TPSA) is 84.3 Å². The van der Waals surface area contributed by atoms with Crippen molar-refractivity contribution in [3.05, 3.63) is 82.7 Å². The molecule has 0 bridgehead atoms. The lowest BCUT2D eigenvalue weighted by molar-refractivity contribution is -0.139. The van der Waals surface area contributed by atoms with Crippen LogP contribution in [-0.2, 0) is 32.6 Å². The Morgan fingerprint density at radius 3 is 2.33 bits per heavy atom. The molecule has 0 N–H and O–H groups in total. The number of likely N-dealkylation sites (N-methyl/N-ethyl adjacent to an activating group) is 1. The highest BCUT2D eigenvalue weighted by Crippen LogP contribution is 2.34. The lowest BCUT2D eigenvalue weighted by Gasteiger charge is -2.38. The number of piperidine rings is 1. The van der Waals surface area contributed by atoms with E-state index in [1.807, 2.05) is 23.1 Å². The Bertz CT molecular complexity index is 1490. The van der Waals surface area contributed by atoms with Crippen LogP contribution in [0.1, 0.15) is 53.4 Å². The summed E-state index contributed by atoms with van der Waals surface area (Å²) in [4.78, 5) is 18.3. The second-order valence-electron chi connectivity index (χ2n) is 11.6. The minimum absolute atomic E-state index is 0.105. The first-order valence-corrected chi connectivity index (χ1v) is 16.6. The third-order valence-corrected chi connectivity index (χ3v) is 10.8. The summed E-state index contributed by atoms with van der Waals surface area (Å²) < 4.78 is 41.4. The summed E-state index contributed by atoms with van der Waals surface area (Å²) >= 11 is 0. The smallest absolute Gasteiger partial charge is 0.249 e. The van der Waals surface area contributed by atoms with E-state index in [-0.39, 0.29) is 36.6 Å². The van der Waals surface area contributed by atoms with Crippen molar-refractivity contribution in [2.45, 2.75) is 57.1 Å². The summed E-state index contributed by atoms with van der Waals surface area (Å²) in [6.45, 7) is 8.19. The molecule has 1 atom stereocenters. The number of amides is 1. The maximum atomic E-state index is 13.6. The summed E-state index contributed by atoms with van der Waals surface area (Å²) in [7, 11) is -0.640. The molecule has 232 valence electrons. The Kier molecular flexibility index (Phi) is 9.91. The molecule has 2 aliphatic heterocycles. The van der Waals surface area contributed by atoms with Crippen LogP contribution >= 0.6 is 0 Å². The Balaban J connectivity index is 1.24. The Morgan fingerprint density at radius 1 is 0.953 bits per heavy atom. The lowest BCUT2D eigenvalue weighted by Crippen LogP contribution is -2.45. The van der Waals surface area contributed by atoms with Gasteiger partial charge in [-0.25, -0.2) is 8.42 Å². The molecule has 0 spiro atoms. The van der Waals surface area contributed by atoms with Gasteiger partial charge in [-0.3, -0.25) is 9.69 Å². The predicted octanol–water partition coefficient (Wildman–Crippen LogP) is 4.37. The van der Waals surface area contributed by atoms with Crippen molar-refractivity contribution in [2.75, 3.05) is 53.6 Å². The van der Waals surface area contributed by atoms with Crippen LogP contribution in [0.15, 0.2) is 59.5 Å². The van der Waals surface area contributed by atoms with Gasteiger partial charge in [0.25, 0.3) is 0 Å². The second-order valence-corrected chi connectivity index (χ2v) is 13.6. The Labute approximate surface area is 256 Å². The minimum Gasteiger partial charge on any atom is -0.497 e. The highest BCUT2D eigenvalue weighted by Gasteiger charge is 2.34. The molecule has 43 heavy (non-hydrogen) atoms. The minimum atomic E-state index is -3.74. The van der Waals surface area contributed by atoms with Crippen LogP contribution in [0.25, 0.3) is 0 Å². The lowest BCUT2D eigenvalue weighted by atomic mass is 10.00. The number of aryl methyl sites for hydroxylation is 2. The Morgan fingerprint density at radius 2 is 1.65 bits per heavy atom. The van der Waals surface area contributed by atoms with Crippen LogP contribution in [-0.4, -0.2) is 86.5 Å². The van der Waals surface area contributed by atoms with Crippen molar-refractivity contribution < 1.29 is 22.7 Å². The molecule has 9 nitrogen and oxygen atoms in total. The van der Waals surface area contributed by atoms with Crippen LogP contribution < -0.4 is 4.74 Å². The fourth-order valence-corrected chi connectivity index (χ4v) is 7.98. The molecule has 1 aromatic heterocycles. The average molecular weight is 609 g/mol. The zero-order valence-electron chi connectivity index (χ0n) is 25.8. The van der Waals surface area contributed by atoms with Gasteiger partial charge in [0, 0.05) is 44.6 Å². The van der Waals surface area contributed by atoms with Crippen LogP contribution in [0, 0.1) is 13.8 Å². The summed E-state index contributed by atoms with van der Waals surface area (Å²) in [5.74, 6) is 0.515. The number of sulfonamides is 1. The number of aromatic nitrogens is 1. The standard InChI is InChI=1S/C33H44N4O5S/c1-25-21-29(41-4)22-26(2)33(25)43(39,40)34(3)19-20-42-24-31(38)37-18-17-36-28(23-35-15-9-6-10-16-35)13-14-30(36)32(37)27-11-7-5-8-12-27/h5,7-8,11-14,21-22,32H,6,9-10,15-20,23-24H2,1-4H3. The van der Waals surface area contributed by atoms with E-state index in [1.165, 1.54) is 36.3 Å². The SMILES string of the molecule is COc1cc(C)c(S(=O)(=O)N(C)CCOCC(=O)N2CCn3c(CN4CCCCC4)ccc3C2c2ccccc2)c(C)c1. The van der Waals surface area contributed by atoms with Crippen molar-refractivity contribution in [1.29, 1.82) is 0 Å². The average Bonchev–Trinajstić information content (AvgIpc) is 3.41. The van der Waals surface area contributed by atoms with E-state index >= 15 is 0 Å². The molecule has 3 heterocycles. The molecule has 5 rings (SSSR count). The molecule has 2 aliphatic rings. The van der Waals surface area contributed by atoms with Gasteiger partial charge < -0.3 is 18.9 Å². The predicted molar refractivity (Wildman–Crippen MR) is 167 cm³/mol. The van der Waals surface area contributed by atoms with Gasteiger partial charge in [-0.05, 0) is 80.7 Å². The molecule has 1 amide bonds. The van der Waals surface area contributed by atoms with Crippen LogP contribution in [0.5, 0.6) is 5.75 Å². The van der Waals surface area contributed by atoms with E-state index in [2.05, 4.69) is 33.7 Å². The number of nitrogens with zero attached hydrogens (tertiary/aromatic N) is 4. The highest BCUT2D eigenvalue weighted by molar-refractivity contribution is 7.89.